The van der Waals surface area contributed by atoms with Gasteiger partial charge in [-0.1, -0.05) is 56.3 Å². The molecule has 2 fully saturated rings. The van der Waals surface area contributed by atoms with Crippen LogP contribution in [-0.2, 0) is 30.3 Å². The first-order chi connectivity index (χ1) is 23.6. The van der Waals surface area contributed by atoms with Gasteiger partial charge in [-0.25, -0.2) is 0 Å². The van der Waals surface area contributed by atoms with Gasteiger partial charge in [-0.05, 0) is 30.5 Å². The first-order valence-electron chi connectivity index (χ1n) is 16.5. The van der Waals surface area contributed by atoms with Gasteiger partial charge in [0.15, 0.2) is 28.8 Å². The molecule has 3 aliphatic heterocycles. The number of aliphatic hydroxyl groups is 1. The molecule has 2 bridgehead atoms. The average molecular weight is 673 g/mol. The van der Waals surface area contributed by atoms with Crippen molar-refractivity contribution in [2.24, 2.45) is 11.8 Å². The van der Waals surface area contributed by atoms with Gasteiger partial charge >= 0.3 is 5.97 Å². The van der Waals surface area contributed by atoms with Crippen molar-refractivity contribution in [1.29, 1.82) is 0 Å². The Kier molecular flexibility index (Phi) is 8.09. The summed E-state index contributed by atoms with van der Waals surface area (Å²) in [5, 5.41) is 16.7. The lowest BCUT2D eigenvalue weighted by Crippen LogP contribution is -2.57. The third-order valence-corrected chi connectivity index (χ3v) is 10.1. The van der Waals surface area contributed by atoms with Gasteiger partial charge in [0.05, 0.1) is 25.7 Å². The molecule has 49 heavy (non-hydrogen) atoms. The number of carbonyl (C=O) groups is 3. The number of rotatable bonds is 8. The Bertz CT molecular complexity index is 1780. The molecule has 3 aromatic rings. The maximum Gasteiger partial charge on any atom is 0.303 e. The number of likely N-dealkylation sites (tertiary alicyclic amines) is 1. The minimum absolute atomic E-state index is 0.0932. The van der Waals surface area contributed by atoms with Crippen LogP contribution >= 0.6 is 0 Å². The normalized spacial score (nSPS) is 27.7. The third kappa shape index (κ3) is 4.86. The summed E-state index contributed by atoms with van der Waals surface area (Å²) in [6, 6.07) is 18.0. The number of ether oxygens (including phenoxy) is 6. The van der Waals surface area contributed by atoms with Crippen LogP contribution in [0.3, 0.4) is 0 Å². The van der Waals surface area contributed by atoms with Gasteiger partial charge in [-0.15, -0.1) is 0 Å². The molecule has 1 saturated carbocycles. The highest BCUT2D eigenvalue weighted by Crippen LogP contribution is 2.70. The highest BCUT2D eigenvalue weighted by Gasteiger charge is 2.78. The molecule has 6 unspecified atom stereocenters. The quantitative estimate of drug-likeness (QED) is 0.338. The zero-order valence-corrected chi connectivity index (χ0v) is 28.1. The first kappa shape index (κ1) is 32.6. The van der Waals surface area contributed by atoms with Gasteiger partial charge in [0.1, 0.15) is 17.7 Å². The molecule has 0 aromatic heterocycles. The molecule has 1 aliphatic carbocycles. The van der Waals surface area contributed by atoms with Crippen molar-refractivity contribution in [1.82, 2.24) is 10.2 Å². The molecule has 3 aromatic carbocycles. The fourth-order valence-corrected chi connectivity index (χ4v) is 8.09. The van der Waals surface area contributed by atoms with E-state index >= 15 is 4.79 Å². The second-order valence-corrected chi connectivity index (χ2v) is 13.2. The minimum Gasteiger partial charge on any atom is -0.497 e. The molecular weight excluding hydrogens is 632 g/mol. The molecule has 4 aliphatic rings. The van der Waals surface area contributed by atoms with Crippen LogP contribution in [0.5, 0.6) is 28.7 Å². The van der Waals surface area contributed by atoms with Gasteiger partial charge in [-0.2, -0.15) is 0 Å². The number of amides is 2. The number of hydrogen-bond acceptors (Lipinski definition) is 10. The number of carbonyl (C=O) groups excluding carboxylic acids is 3. The molecule has 258 valence electrons. The molecule has 1 saturated heterocycles. The Hall–Kier alpha value is -4.97. The molecule has 0 spiro atoms. The van der Waals surface area contributed by atoms with Crippen molar-refractivity contribution in [2.45, 2.75) is 63.0 Å². The maximum atomic E-state index is 15.4. The van der Waals surface area contributed by atoms with E-state index in [1.807, 2.05) is 30.3 Å². The van der Waals surface area contributed by atoms with Gasteiger partial charge in [0, 0.05) is 36.9 Å². The molecule has 0 radical (unpaired) electrons. The maximum absolute atomic E-state index is 15.4. The summed E-state index contributed by atoms with van der Waals surface area (Å²) in [5.41, 5.74) is -2.59. The second kappa shape index (κ2) is 12.2. The average Bonchev–Trinajstić information content (AvgIpc) is 3.80. The van der Waals surface area contributed by atoms with E-state index in [4.69, 9.17) is 28.4 Å². The van der Waals surface area contributed by atoms with Gasteiger partial charge < -0.3 is 43.7 Å². The summed E-state index contributed by atoms with van der Waals surface area (Å²) in [6.45, 7) is 5.08. The number of nitrogens with zero attached hydrogens (tertiary/aromatic N) is 1. The van der Waals surface area contributed by atoms with E-state index < -0.39 is 47.2 Å². The van der Waals surface area contributed by atoms with Crippen LogP contribution in [0.1, 0.15) is 56.2 Å². The number of fused-ring (bicyclic) bond motifs is 5. The lowest BCUT2D eigenvalue weighted by molar-refractivity contribution is -0.196. The first-order valence-corrected chi connectivity index (χ1v) is 16.5. The summed E-state index contributed by atoms with van der Waals surface area (Å²) in [4.78, 5) is 43.0. The Morgan fingerprint density at radius 2 is 1.73 bits per heavy atom. The van der Waals surface area contributed by atoms with E-state index in [1.165, 1.54) is 14.0 Å². The zero-order valence-electron chi connectivity index (χ0n) is 28.1. The van der Waals surface area contributed by atoms with Gasteiger partial charge in [0.25, 0.3) is 0 Å². The van der Waals surface area contributed by atoms with Crippen molar-refractivity contribution >= 4 is 17.8 Å². The van der Waals surface area contributed by atoms with Crippen molar-refractivity contribution in [3.8, 4) is 28.7 Å². The number of esters is 1. The predicted molar refractivity (Wildman–Crippen MR) is 174 cm³/mol. The van der Waals surface area contributed by atoms with Crippen LogP contribution in [0.2, 0.25) is 0 Å². The summed E-state index contributed by atoms with van der Waals surface area (Å²) < 4.78 is 36.2. The number of nitrogens with one attached hydrogen (secondary N) is 1. The van der Waals surface area contributed by atoms with E-state index in [2.05, 4.69) is 5.32 Å². The monoisotopic (exact) mass is 672 g/mol. The lowest BCUT2D eigenvalue weighted by Gasteiger charge is -2.46. The summed E-state index contributed by atoms with van der Waals surface area (Å²) >= 11 is 0. The summed E-state index contributed by atoms with van der Waals surface area (Å²) in [7, 11) is 2.98. The number of benzene rings is 3. The van der Waals surface area contributed by atoms with Crippen LogP contribution in [0, 0.1) is 11.8 Å². The van der Waals surface area contributed by atoms with E-state index in [1.54, 1.807) is 56.2 Å². The van der Waals surface area contributed by atoms with E-state index in [0.29, 0.717) is 42.0 Å². The summed E-state index contributed by atoms with van der Waals surface area (Å²) in [6.07, 6.45) is -0.886. The largest absolute Gasteiger partial charge is 0.497 e. The smallest absolute Gasteiger partial charge is 0.303 e. The van der Waals surface area contributed by atoms with Crippen molar-refractivity contribution < 1.29 is 47.9 Å². The highest BCUT2D eigenvalue weighted by atomic mass is 16.7. The Morgan fingerprint density at radius 3 is 2.39 bits per heavy atom. The standard InChI is InChI=1S/C37H40N2O10/c1-20(2)33(41)38-27-12-9-17-39(27)34(42)30-28(22-10-7-6-8-11-22)37(23-13-15-24(44-4)16-14-23)35(48-21(3)40)36(30,43)29-25(49-37)18-26-31(32(29)45-5)47-19-46-26/h6-8,10-11,13-16,18,20,27-28,30,35,43H,9,12,17,19H2,1-5H3,(H,38,41). The molecule has 7 rings (SSSR count). The fraction of sp³-hybridized carbons (Fsp3) is 0.432. The van der Waals surface area contributed by atoms with Crippen LogP contribution in [0.25, 0.3) is 0 Å². The molecule has 3 heterocycles. The number of methoxy groups -OCH3 is 2. The van der Waals surface area contributed by atoms with E-state index in [0.717, 1.165) is 0 Å². The van der Waals surface area contributed by atoms with Gasteiger partial charge in [-0.3, -0.25) is 14.4 Å². The lowest BCUT2D eigenvalue weighted by atomic mass is 9.75. The molecule has 2 N–H and O–H groups in total. The summed E-state index contributed by atoms with van der Waals surface area (Å²) in [5.74, 6) is -2.43. The topological polar surface area (TPSA) is 142 Å². The molecular formula is C37H40N2O10. The molecule has 2 amide bonds. The number of hydrogen-bond donors (Lipinski definition) is 2. The van der Waals surface area contributed by atoms with Gasteiger partial charge in [0.2, 0.25) is 24.4 Å². The third-order valence-electron chi connectivity index (χ3n) is 10.1. The minimum atomic E-state index is -2.24. The van der Waals surface area contributed by atoms with Crippen molar-refractivity contribution in [3.05, 3.63) is 77.4 Å². The van der Waals surface area contributed by atoms with Crippen LogP contribution in [-0.4, -0.2) is 67.6 Å². The highest BCUT2D eigenvalue weighted by molar-refractivity contribution is 5.87. The van der Waals surface area contributed by atoms with Crippen molar-refractivity contribution in [2.75, 3.05) is 27.6 Å². The Balaban J connectivity index is 1.54. The molecule has 12 nitrogen and oxygen atoms in total. The van der Waals surface area contributed by atoms with Crippen LogP contribution < -0.4 is 29.0 Å². The zero-order chi connectivity index (χ0) is 34.7. The van der Waals surface area contributed by atoms with Crippen LogP contribution in [0.15, 0.2) is 60.7 Å². The Labute approximate surface area is 284 Å². The SMILES string of the molecule is COc1ccc(C23Oc4cc5c(c(OC)c4C(O)(C(C(=O)N4CCCC4NC(=O)C(C)C)C2c2ccccc2)C3OC(C)=O)OCO5)cc1. The predicted octanol–water partition coefficient (Wildman–Crippen LogP) is 3.97. The molecule has 12 heteroatoms. The fourth-order valence-electron chi connectivity index (χ4n) is 8.09. The van der Waals surface area contributed by atoms with Crippen LogP contribution in [0.4, 0.5) is 0 Å². The molecule has 6 atom stereocenters. The van der Waals surface area contributed by atoms with Crippen molar-refractivity contribution in [3.63, 3.8) is 0 Å². The Morgan fingerprint density at radius 1 is 1.00 bits per heavy atom. The van der Waals surface area contributed by atoms with E-state index in [-0.39, 0.29) is 41.4 Å². The second-order valence-electron chi connectivity index (χ2n) is 13.2. The van der Waals surface area contributed by atoms with E-state index in [9.17, 15) is 14.7 Å².